The fraction of sp³-hybridized carbons (Fsp3) is 0.273. The number of rotatable bonds is 3. The second-order valence-corrected chi connectivity index (χ2v) is 4.18. The molecule has 1 rings (SSSR count). The molecule has 0 radical (unpaired) electrons. The highest BCUT2D eigenvalue weighted by molar-refractivity contribution is 14.1. The van der Waals surface area contributed by atoms with E-state index in [0.717, 1.165) is 3.57 Å². The van der Waals surface area contributed by atoms with Crippen LogP contribution in [0.25, 0.3) is 0 Å². The molecule has 1 aromatic rings. The average Bonchev–Trinajstić information content (AvgIpc) is 2.19. The number of nitrogens with zero attached hydrogens (tertiary/aromatic N) is 1. The Morgan fingerprint density at radius 2 is 2.27 bits per heavy atom. The molecular weight excluding hydrogens is 305 g/mol. The predicted molar refractivity (Wildman–Crippen MR) is 65.0 cm³/mol. The lowest BCUT2D eigenvalue weighted by Crippen LogP contribution is -2.03. The molecule has 15 heavy (non-hydrogen) atoms. The summed E-state index contributed by atoms with van der Waals surface area (Å²) >= 11 is 2.07. The van der Waals surface area contributed by atoms with Crippen molar-refractivity contribution in [2.45, 2.75) is 13.8 Å². The molecule has 4 heteroatoms. The van der Waals surface area contributed by atoms with Gasteiger partial charge in [0.25, 0.3) is 0 Å². The normalized spacial score (nSPS) is 9.47. The highest BCUT2D eigenvalue weighted by Crippen LogP contribution is 2.26. The molecule has 1 aromatic carbocycles. The number of carbonyl (C=O) groups is 1. The van der Waals surface area contributed by atoms with Gasteiger partial charge < -0.3 is 4.74 Å². The summed E-state index contributed by atoms with van der Waals surface area (Å²) in [5.41, 5.74) is 0.884. The maximum absolute atomic E-state index is 11.4. The molecule has 0 aliphatic rings. The van der Waals surface area contributed by atoms with Crippen molar-refractivity contribution in [3.63, 3.8) is 0 Å². The molecule has 0 amide bonds. The third-order valence-electron chi connectivity index (χ3n) is 1.84. The molecule has 0 aliphatic heterocycles. The molecule has 0 saturated heterocycles. The van der Waals surface area contributed by atoms with Crippen LogP contribution in [0.3, 0.4) is 0 Å². The highest BCUT2D eigenvalue weighted by Gasteiger charge is 2.14. The number of nitriles is 1. The number of benzene rings is 1. The fourth-order valence-electron chi connectivity index (χ4n) is 1.24. The Balaban J connectivity index is 3.41. The lowest BCUT2D eigenvalue weighted by molar-refractivity contribution is 0.101. The third kappa shape index (κ3) is 2.69. The minimum atomic E-state index is -0.0894. The first kappa shape index (κ1) is 12.0. The van der Waals surface area contributed by atoms with E-state index in [9.17, 15) is 4.79 Å². The Kier molecular flexibility index (Phi) is 4.09. The first-order valence-corrected chi connectivity index (χ1v) is 5.55. The van der Waals surface area contributed by atoms with E-state index in [4.69, 9.17) is 10.00 Å². The van der Waals surface area contributed by atoms with Crippen LogP contribution in [0.5, 0.6) is 5.75 Å². The summed E-state index contributed by atoms with van der Waals surface area (Å²) in [4.78, 5) is 11.4. The van der Waals surface area contributed by atoms with Crippen LogP contribution in [0.1, 0.15) is 29.8 Å². The molecule has 3 nitrogen and oxygen atoms in total. The molecule has 0 atom stereocenters. The van der Waals surface area contributed by atoms with E-state index in [-0.39, 0.29) is 5.78 Å². The smallest absolute Gasteiger partial charge is 0.163 e. The molecule has 0 heterocycles. The first-order chi connectivity index (χ1) is 7.10. The Labute approximate surface area is 102 Å². The van der Waals surface area contributed by atoms with Crippen molar-refractivity contribution in [2.24, 2.45) is 0 Å². The minimum absolute atomic E-state index is 0.0894. The van der Waals surface area contributed by atoms with Gasteiger partial charge in [-0.2, -0.15) is 5.26 Å². The Morgan fingerprint density at radius 3 is 2.73 bits per heavy atom. The van der Waals surface area contributed by atoms with Gasteiger partial charge in [-0.25, -0.2) is 0 Å². The number of halogens is 1. The highest BCUT2D eigenvalue weighted by atomic mass is 127. The zero-order chi connectivity index (χ0) is 11.4. The summed E-state index contributed by atoms with van der Waals surface area (Å²) in [6.07, 6.45) is 0. The van der Waals surface area contributed by atoms with E-state index in [0.29, 0.717) is 23.5 Å². The summed E-state index contributed by atoms with van der Waals surface area (Å²) < 4.78 is 6.19. The van der Waals surface area contributed by atoms with Gasteiger partial charge in [0.05, 0.1) is 17.7 Å². The van der Waals surface area contributed by atoms with Gasteiger partial charge in [-0.3, -0.25) is 4.79 Å². The lowest BCUT2D eigenvalue weighted by atomic mass is 10.1. The minimum Gasteiger partial charge on any atom is -0.492 e. The maximum atomic E-state index is 11.4. The third-order valence-corrected chi connectivity index (χ3v) is 2.46. The summed E-state index contributed by atoms with van der Waals surface area (Å²) in [5.74, 6) is 0.307. The number of Topliss-reactive ketones (excluding diaryl/α,β-unsaturated/α-hetero) is 1. The van der Waals surface area contributed by atoms with Crippen molar-refractivity contribution >= 4 is 28.4 Å². The topological polar surface area (TPSA) is 50.1 Å². The van der Waals surface area contributed by atoms with Crippen molar-refractivity contribution in [3.05, 3.63) is 26.8 Å². The van der Waals surface area contributed by atoms with E-state index in [1.807, 2.05) is 13.0 Å². The monoisotopic (exact) mass is 315 g/mol. The molecule has 0 aliphatic carbocycles. The number of hydrogen-bond acceptors (Lipinski definition) is 3. The van der Waals surface area contributed by atoms with Crippen molar-refractivity contribution in [3.8, 4) is 11.8 Å². The van der Waals surface area contributed by atoms with Gasteiger partial charge in [0.1, 0.15) is 11.8 Å². The number of carbonyl (C=O) groups excluding carboxylic acids is 1. The van der Waals surface area contributed by atoms with Gasteiger partial charge in [-0.1, -0.05) is 0 Å². The van der Waals surface area contributed by atoms with Crippen LogP contribution in [-0.2, 0) is 0 Å². The van der Waals surface area contributed by atoms with Crippen molar-refractivity contribution in [1.82, 2.24) is 0 Å². The zero-order valence-electron chi connectivity index (χ0n) is 8.50. The molecule has 0 bridgehead atoms. The van der Waals surface area contributed by atoms with Crippen molar-refractivity contribution < 1.29 is 9.53 Å². The first-order valence-electron chi connectivity index (χ1n) is 4.47. The van der Waals surface area contributed by atoms with Gasteiger partial charge >= 0.3 is 0 Å². The van der Waals surface area contributed by atoms with Crippen molar-refractivity contribution in [1.29, 1.82) is 5.26 Å². The summed E-state index contributed by atoms with van der Waals surface area (Å²) in [6.45, 7) is 3.73. The van der Waals surface area contributed by atoms with Gasteiger partial charge in [-0.05, 0) is 48.6 Å². The van der Waals surface area contributed by atoms with Crippen molar-refractivity contribution in [2.75, 3.05) is 6.61 Å². The zero-order valence-corrected chi connectivity index (χ0v) is 10.7. The van der Waals surface area contributed by atoms with Crippen LogP contribution in [0.2, 0.25) is 0 Å². The van der Waals surface area contributed by atoms with Gasteiger partial charge in [-0.15, -0.1) is 0 Å². The summed E-state index contributed by atoms with van der Waals surface area (Å²) in [6, 6.07) is 5.47. The number of hydrogen-bond donors (Lipinski definition) is 0. The van der Waals surface area contributed by atoms with E-state index in [1.165, 1.54) is 6.92 Å². The van der Waals surface area contributed by atoms with Gasteiger partial charge in [0.2, 0.25) is 0 Å². The Bertz CT molecular complexity index is 435. The second-order valence-electron chi connectivity index (χ2n) is 2.93. The Morgan fingerprint density at radius 1 is 1.60 bits per heavy atom. The molecule has 0 fully saturated rings. The molecule has 78 valence electrons. The van der Waals surface area contributed by atoms with E-state index in [1.54, 1.807) is 12.1 Å². The molecule has 0 N–H and O–H groups in total. The number of ether oxygens (including phenoxy) is 1. The van der Waals surface area contributed by atoms with E-state index >= 15 is 0 Å². The maximum Gasteiger partial charge on any atom is 0.163 e. The molecule has 0 unspecified atom stereocenters. The number of ketones is 1. The SMILES string of the molecule is CCOc1c(C#N)cc(I)cc1C(C)=O. The van der Waals surface area contributed by atoms with E-state index in [2.05, 4.69) is 22.6 Å². The summed E-state index contributed by atoms with van der Waals surface area (Å²) in [5, 5.41) is 8.93. The van der Waals surface area contributed by atoms with Crippen LogP contribution in [-0.4, -0.2) is 12.4 Å². The van der Waals surface area contributed by atoms with E-state index < -0.39 is 0 Å². The van der Waals surface area contributed by atoms with Gasteiger partial charge in [0.15, 0.2) is 5.78 Å². The summed E-state index contributed by atoms with van der Waals surface area (Å²) in [7, 11) is 0. The molecular formula is C11H10INO2. The van der Waals surface area contributed by atoms with Crippen LogP contribution in [0, 0.1) is 14.9 Å². The standard InChI is InChI=1S/C11H10INO2/c1-3-15-11-8(6-13)4-9(12)5-10(11)7(2)14/h4-5H,3H2,1-2H3. The van der Waals surface area contributed by atoms with Gasteiger partial charge in [0, 0.05) is 3.57 Å². The molecule has 0 spiro atoms. The Hall–Kier alpha value is -1.09. The molecule has 0 saturated carbocycles. The lowest BCUT2D eigenvalue weighted by Gasteiger charge is -2.10. The average molecular weight is 315 g/mol. The predicted octanol–water partition coefficient (Wildman–Crippen LogP) is 2.76. The quantitative estimate of drug-likeness (QED) is 0.636. The largest absolute Gasteiger partial charge is 0.492 e. The fourth-order valence-corrected chi connectivity index (χ4v) is 1.86. The van der Waals surface area contributed by atoms with Crippen LogP contribution >= 0.6 is 22.6 Å². The molecule has 0 aromatic heterocycles. The van der Waals surface area contributed by atoms with Crippen LogP contribution in [0.15, 0.2) is 12.1 Å². The second kappa shape index (κ2) is 5.12. The van der Waals surface area contributed by atoms with Crippen LogP contribution in [0.4, 0.5) is 0 Å². The van der Waals surface area contributed by atoms with Crippen LogP contribution < -0.4 is 4.74 Å².